The van der Waals surface area contributed by atoms with E-state index in [1.807, 2.05) is 0 Å². The first kappa shape index (κ1) is 19.5. The lowest BCUT2D eigenvalue weighted by atomic mass is 10.1. The van der Waals surface area contributed by atoms with E-state index in [1.54, 1.807) is 31.4 Å². The number of nitrogens with zero attached hydrogens (tertiary/aromatic N) is 1. The second kappa shape index (κ2) is 8.05. The molecule has 0 aliphatic rings. The zero-order valence-corrected chi connectivity index (χ0v) is 15.7. The molecule has 6 nitrogen and oxygen atoms in total. The average Bonchev–Trinajstić information content (AvgIpc) is 2.61. The van der Waals surface area contributed by atoms with E-state index < -0.39 is 16.1 Å². The number of halogens is 1. The summed E-state index contributed by atoms with van der Waals surface area (Å²) in [4.78, 5) is 0.0303. The third-order valence-corrected chi connectivity index (χ3v) is 5.88. The van der Waals surface area contributed by atoms with Crippen LogP contribution in [-0.4, -0.2) is 45.6 Å². The number of methoxy groups -OCH3 is 2. The fraction of sp³-hybridized carbons (Fsp3) is 0.294. The molecule has 0 saturated heterocycles. The summed E-state index contributed by atoms with van der Waals surface area (Å²) in [7, 11) is 0.608. The van der Waals surface area contributed by atoms with Crippen LogP contribution in [0.25, 0.3) is 0 Å². The molecule has 1 unspecified atom stereocenters. The highest BCUT2D eigenvalue weighted by Gasteiger charge is 2.24. The van der Waals surface area contributed by atoms with Crippen LogP contribution in [0.3, 0.4) is 0 Å². The van der Waals surface area contributed by atoms with Gasteiger partial charge in [-0.2, -0.15) is 4.31 Å². The highest BCUT2D eigenvalue weighted by Crippen LogP contribution is 2.28. The number of rotatable bonds is 7. The Morgan fingerprint density at radius 1 is 1.12 bits per heavy atom. The first-order chi connectivity index (χ1) is 11.8. The number of likely N-dealkylation sites (N-methyl/N-ethyl adjacent to an activating group) is 1. The van der Waals surface area contributed by atoms with Gasteiger partial charge < -0.3 is 14.6 Å². The van der Waals surface area contributed by atoms with Crippen molar-refractivity contribution in [1.82, 2.24) is 4.31 Å². The Bertz CT molecular complexity index is 823. The summed E-state index contributed by atoms with van der Waals surface area (Å²) in [5.74, 6) is 1.05. The number of aliphatic hydroxyl groups excluding tert-OH is 1. The van der Waals surface area contributed by atoms with Gasteiger partial charge in [-0.1, -0.05) is 23.7 Å². The van der Waals surface area contributed by atoms with Crippen molar-refractivity contribution in [2.45, 2.75) is 11.0 Å². The quantitative estimate of drug-likeness (QED) is 0.793. The Hall–Kier alpha value is -1.80. The molecule has 8 heteroatoms. The van der Waals surface area contributed by atoms with E-state index in [0.29, 0.717) is 17.1 Å². The van der Waals surface area contributed by atoms with Crippen LogP contribution in [0.4, 0.5) is 0 Å². The van der Waals surface area contributed by atoms with Gasteiger partial charge in [0.25, 0.3) is 0 Å². The van der Waals surface area contributed by atoms with Gasteiger partial charge >= 0.3 is 0 Å². The Kier molecular flexibility index (Phi) is 6.29. The Labute approximate surface area is 152 Å². The van der Waals surface area contributed by atoms with Gasteiger partial charge in [0.1, 0.15) is 11.5 Å². The average molecular weight is 386 g/mol. The maximum Gasteiger partial charge on any atom is 0.242 e. The van der Waals surface area contributed by atoms with Crippen molar-refractivity contribution < 1.29 is 23.0 Å². The van der Waals surface area contributed by atoms with Gasteiger partial charge in [0.2, 0.25) is 10.0 Å². The van der Waals surface area contributed by atoms with Crippen molar-refractivity contribution in [2.24, 2.45) is 0 Å². The van der Waals surface area contributed by atoms with Gasteiger partial charge in [-0.25, -0.2) is 8.42 Å². The van der Waals surface area contributed by atoms with Crippen LogP contribution in [0, 0.1) is 0 Å². The summed E-state index contributed by atoms with van der Waals surface area (Å²) in [6.07, 6.45) is -0.973. The van der Waals surface area contributed by atoms with Gasteiger partial charge in [-0.3, -0.25) is 0 Å². The zero-order valence-electron chi connectivity index (χ0n) is 14.1. The van der Waals surface area contributed by atoms with Crippen molar-refractivity contribution in [3.8, 4) is 11.5 Å². The predicted octanol–water partition coefficient (Wildman–Crippen LogP) is 2.71. The number of hydrogen-bond acceptors (Lipinski definition) is 5. The summed E-state index contributed by atoms with van der Waals surface area (Å²) in [6, 6.07) is 11.0. The number of hydrogen-bond donors (Lipinski definition) is 1. The normalized spacial score (nSPS) is 12.9. The van der Waals surface area contributed by atoms with Gasteiger partial charge in [0.15, 0.2) is 0 Å². The molecule has 1 N–H and O–H groups in total. The summed E-state index contributed by atoms with van der Waals surface area (Å²) in [6.45, 7) is -0.0989. The van der Waals surface area contributed by atoms with Crippen molar-refractivity contribution in [1.29, 1.82) is 0 Å². The van der Waals surface area contributed by atoms with Crippen LogP contribution in [0.2, 0.25) is 5.02 Å². The minimum atomic E-state index is -3.79. The zero-order chi connectivity index (χ0) is 18.6. The molecule has 2 rings (SSSR count). The molecular weight excluding hydrogens is 366 g/mol. The molecule has 2 aromatic carbocycles. The molecule has 0 amide bonds. The minimum absolute atomic E-state index is 0.0303. The highest BCUT2D eigenvalue weighted by molar-refractivity contribution is 7.89. The van der Waals surface area contributed by atoms with Crippen LogP contribution in [-0.2, 0) is 10.0 Å². The Morgan fingerprint density at radius 3 is 2.28 bits per heavy atom. The summed E-state index contributed by atoms with van der Waals surface area (Å²) in [5, 5.41) is 10.5. The molecule has 0 radical (unpaired) electrons. The van der Waals surface area contributed by atoms with Crippen LogP contribution < -0.4 is 9.47 Å². The first-order valence-corrected chi connectivity index (χ1v) is 9.23. The molecule has 0 spiro atoms. The second-order valence-corrected chi connectivity index (χ2v) is 7.82. The van der Waals surface area contributed by atoms with Crippen molar-refractivity contribution in [3.05, 3.63) is 53.1 Å². The van der Waals surface area contributed by atoms with Crippen LogP contribution >= 0.6 is 11.6 Å². The molecule has 0 fully saturated rings. The molecule has 0 aliphatic heterocycles. The maximum absolute atomic E-state index is 12.6. The van der Waals surface area contributed by atoms with Crippen LogP contribution in [0.5, 0.6) is 11.5 Å². The molecular formula is C17H20ClNO5S. The van der Waals surface area contributed by atoms with E-state index in [2.05, 4.69) is 0 Å². The smallest absolute Gasteiger partial charge is 0.242 e. The van der Waals surface area contributed by atoms with E-state index in [1.165, 1.54) is 32.4 Å². The minimum Gasteiger partial charge on any atom is -0.497 e. The number of ether oxygens (including phenoxy) is 2. The molecule has 2 aromatic rings. The Morgan fingerprint density at radius 2 is 1.76 bits per heavy atom. The van der Waals surface area contributed by atoms with E-state index in [4.69, 9.17) is 21.1 Å². The first-order valence-electron chi connectivity index (χ1n) is 7.41. The molecule has 0 aliphatic carbocycles. The van der Waals surface area contributed by atoms with Gasteiger partial charge in [0.05, 0.1) is 30.2 Å². The van der Waals surface area contributed by atoms with Crippen LogP contribution in [0.1, 0.15) is 11.7 Å². The molecule has 0 bridgehead atoms. The van der Waals surface area contributed by atoms with Crippen molar-refractivity contribution in [3.63, 3.8) is 0 Å². The SMILES string of the molecule is COc1ccc(C(O)CN(C)S(=O)(=O)c2ccc(OC)c(Cl)c2)cc1. The fourth-order valence-corrected chi connectivity index (χ4v) is 3.79. The monoisotopic (exact) mass is 385 g/mol. The maximum atomic E-state index is 12.6. The van der Waals surface area contributed by atoms with E-state index in [-0.39, 0.29) is 16.5 Å². The highest BCUT2D eigenvalue weighted by atomic mass is 35.5. The number of sulfonamides is 1. The molecule has 136 valence electrons. The fourth-order valence-electron chi connectivity index (χ4n) is 2.26. The summed E-state index contributed by atoms with van der Waals surface area (Å²) in [5.41, 5.74) is 0.593. The standard InChI is InChI=1S/C17H20ClNO5S/c1-19(11-16(20)12-4-6-13(23-2)7-5-12)25(21,22)14-8-9-17(24-3)15(18)10-14/h4-10,16,20H,11H2,1-3H3. The van der Waals surface area contributed by atoms with Crippen molar-refractivity contribution in [2.75, 3.05) is 27.8 Å². The summed E-state index contributed by atoms with van der Waals surface area (Å²) >= 11 is 6.00. The molecule has 0 aromatic heterocycles. The van der Waals surface area contributed by atoms with Crippen LogP contribution in [0.15, 0.2) is 47.4 Å². The topological polar surface area (TPSA) is 76.1 Å². The number of aliphatic hydroxyl groups is 1. The van der Waals surface area contributed by atoms with Gasteiger partial charge in [0, 0.05) is 13.6 Å². The van der Waals surface area contributed by atoms with E-state index in [0.717, 1.165) is 4.31 Å². The van der Waals surface area contributed by atoms with Crippen molar-refractivity contribution >= 4 is 21.6 Å². The Balaban J connectivity index is 2.17. The van der Waals surface area contributed by atoms with Gasteiger partial charge in [-0.15, -0.1) is 0 Å². The third-order valence-electron chi connectivity index (χ3n) is 3.76. The lowest BCUT2D eigenvalue weighted by Crippen LogP contribution is -2.31. The molecule has 0 saturated carbocycles. The number of benzene rings is 2. The summed E-state index contributed by atoms with van der Waals surface area (Å²) < 4.78 is 36.5. The van der Waals surface area contributed by atoms with E-state index in [9.17, 15) is 13.5 Å². The predicted molar refractivity (Wildman–Crippen MR) is 95.8 cm³/mol. The lowest BCUT2D eigenvalue weighted by molar-refractivity contribution is 0.155. The van der Waals surface area contributed by atoms with E-state index >= 15 is 0 Å². The van der Waals surface area contributed by atoms with Gasteiger partial charge in [-0.05, 0) is 35.9 Å². The second-order valence-electron chi connectivity index (χ2n) is 5.37. The lowest BCUT2D eigenvalue weighted by Gasteiger charge is -2.21. The molecule has 1 atom stereocenters. The molecule has 25 heavy (non-hydrogen) atoms. The third kappa shape index (κ3) is 4.43. The molecule has 0 heterocycles. The largest absolute Gasteiger partial charge is 0.497 e.